The van der Waals surface area contributed by atoms with Crippen LogP contribution < -0.4 is 11.1 Å². The van der Waals surface area contributed by atoms with E-state index in [-0.39, 0.29) is 10.6 Å². The molecule has 0 spiro atoms. The van der Waals surface area contributed by atoms with Gasteiger partial charge >= 0.3 is 0 Å². The van der Waals surface area contributed by atoms with Crippen LogP contribution >= 0.6 is 11.6 Å². The van der Waals surface area contributed by atoms with Gasteiger partial charge in [0.2, 0.25) is 0 Å². The van der Waals surface area contributed by atoms with Crippen molar-refractivity contribution in [3.8, 4) is 0 Å². The zero-order chi connectivity index (χ0) is 16.6. The van der Waals surface area contributed by atoms with Gasteiger partial charge in [-0.2, -0.15) is 0 Å². The number of primary amides is 1. The Labute approximate surface area is 134 Å². The highest BCUT2D eigenvalue weighted by Gasteiger charge is 2.18. The molecule has 0 aliphatic rings. The summed E-state index contributed by atoms with van der Waals surface area (Å²) < 4.78 is 13.6. The average Bonchev–Trinajstić information content (AvgIpc) is 2.94. The lowest BCUT2D eigenvalue weighted by molar-refractivity contribution is 0.0996. The van der Waals surface area contributed by atoms with Crippen LogP contribution in [0.1, 0.15) is 20.7 Å². The number of rotatable bonds is 3. The van der Waals surface area contributed by atoms with E-state index < -0.39 is 23.2 Å². The van der Waals surface area contributed by atoms with Gasteiger partial charge in [-0.25, -0.2) is 9.37 Å². The number of amides is 2. The van der Waals surface area contributed by atoms with E-state index in [1.165, 1.54) is 6.20 Å². The van der Waals surface area contributed by atoms with Gasteiger partial charge in [0, 0.05) is 11.6 Å². The molecule has 6 nitrogen and oxygen atoms in total. The van der Waals surface area contributed by atoms with E-state index in [0.29, 0.717) is 11.3 Å². The molecule has 0 fully saturated rings. The molecule has 0 saturated heterocycles. The lowest BCUT2D eigenvalue weighted by atomic mass is 10.1. The maximum atomic E-state index is 13.6. The highest BCUT2D eigenvalue weighted by atomic mass is 35.5. The molecule has 2 amide bonds. The zero-order valence-corrected chi connectivity index (χ0v) is 12.3. The number of carbonyl (C=O) groups excluding carboxylic acids is 2. The van der Waals surface area contributed by atoms with Crippen molar-refractivity contribution in [2.24, 2.45) is 5.73 Å². The molecule has 0 saturated carbocycles. The van der Waals surface area contributed by atoms with Gasteiger partial charge in [-0.05, 0) is 24.3 Å². The summed E-state index contributed by atoms with van der Waals surface area (Å²) in [6, 6.07) is 5.42. The van der Waals surface area contributed by atoms with E-state index in [0.717, 1.165) is 17.5 Å². The highest BCUT2D eigenvalue weighted by Crippen LogP contribution is 2.23. The second-order valence-corrected chi connectivity index (χ2v) is 5.18. The van der Waals surface area contributed by atoms with Crippen LogP contribution in [0.25, 0.3) is 11.0 Å². The third-order valence-corrected chi connectivity index (χ3v) is 3.54. The minimum atomic E-state index is -0.983. The first-order valence-corrected chi connectivity index (χ1v) is 6.87. The van der Waals surface area contributed by atoms with Crippen molar-refractivity contribution in [2.45, 2.75) is 0 Å². The number of pyridine rings is 1. The maximum absolute atomic E-state index is 13.6. The predicted octanol–water partition coefficient (Wildman–Crippen LogP) is 2.71. The predicted molar refractivity (Wildman–Crippen MR) is 84.0 cm³/mol. The van der Waals surface area contributed by atoms with Gasteiger partial charge < -0.3 is 16.0 Å². The highest BCUT2D eigenvalue weighted by molar-refractivity contribution is 6.34. The fourth-order valence-electron chi connectivity index (χ4n) is 2.12. The average molecular weight is 333 g/mol. The van der Waals surface area contributed by atoms with Crippen LogP contribution in [0, 0.1) is 5.82 Å². The van der Waals surface area contributed by atoms with E-state index in [9.17, 15) is 14.0 Å². The summed E-state index contributed by atoms with van der Waals surface area (Å²) in [6.07, 6.45) is 3.18. The summed E-state index contributed by atoms with van der Waals surface area (Å²) in [5, 5.41) is 3.28. The second-order valence-electron chi connectivity index (χ2n) is 4.77. The summed E-state index contributed by atoms with van der Waals surface area (Å²) in [6.45, 7) is 0. The fraction of sp³-hybridized carbons (Fsp3) is 0. The van der Waals surface area contributed by atoms with E-state index >= 15 is 0 Å². The fourth-order valence-corrected chi connectivity index (χ4v) is 2.35. The van der Waals surface area contributed by atoms with Crippen LogP contribution in [-0.2, 0) is 0 Å². The number of nitrogens with two attached hydrogens (primary N) is 1. The molecule has 116 valence electrons. The number of hydrogen-bond acceptors (Lipinski definition) is 3. The zero-order valence-electron chi connectivity index (χ0n) is 11.6. The lowest BCUT2D eigenvalue weighted by Gasteiger charge is -2.08. The molecule has 0 bridgehead atoms. The van der Waals surface area contributed by atoms with Gasteiger partial charge in [-0.3, -0.25) is 9.59 Å². The van der Waals surface area contributed by atoms with Crippen molar-refractivity contribution < 1.29 is 14.0 Å². The number of halogens is 2. The molecule has 23 heavy (non-hydrogen) atoms. The van der Waals surface area contributed by atoms with Crippen LogP contribution in [-0.4, -0.2) is 21.8 Å². The van der Waals surface area contributed by atoms with Gasteiger partial charge in [0.15, 0.2) is 0 Å². The number of fused-ring (bicyclic) bond motifs is 1. The van der Waals surface area contributed by atoms with Gasteiger partial charge in [-0.15, -0.1) is 0 Å². The molecule has 8 heteroatoms. The number of carbonyl (C=O) groups is 2. The minimum Gasteiger partial charge on any atom is -0.366 e. The molecular weight excluding hydrogens is 323 g/mol. The molecule has 2 heterocycles. The number of anilines is 1. The van der Waals surface area contributed by atoms with E-state index in [4.69, 9.17) is 17.3 Å². The lowest BCUT2D eigenvalue weighted by Crippen LogP contribution is -2.17. The SMILES string of the molecule is NC(=O)c1cc(C(=O)Nc2cnc3[nH]ccc3c2)c(Cl)cc1F. The van der Waals surface area contributed by atoms with Gasteiger partial charge in [0.1, 0.15) is 11.5 Å². The third kappa shape index (κ3) is 2.86. The van der Waals surface area contributed by atoms with Crippen LogP contribution in [0.4, 0.5) is 10.1 Å². The van der Waals surface area contributed by atoms with Crippen molar-refractivity contribution in [1.29, 1.82) is 0 Å². The molecule has 4 N–H and O–H groups in total. The normalized spacial score (nSPS) is 10.7. The molecule has 3 rings (SSSR count). The van der Waals surface area contributed by atoms with Crippen LogP contribution in [0.5, 0.6) is 0 Å². The number of benzene rings is 1. The first-order chi connectivity index (χ1) is 11.0. The maximum Gasteiger partial charge on any atom is 0.257 e. The number of hydrogen-bond donors (Lipinski definition) is 3. The Bertz CT molecular complexity index is 938. The summed E-state index contributed by atoms with van der Waals surface area (Å²) in [5.74, 6) is -2.47. The minimum absolute atomic E-state index is 0.0592. The van der Waals surface area contributed by atoms with Crippen molar-refractivity contribution >= 4 is 40.1 Å². The largest absolute Gasteiger partial charge is 0.366 e. The Morgan fingerprint density at radius 3 is 2.78 bits per heavy atom. The topological polar surface area (TPSA) is 101 Å². The first-order valence-electron chi connectivity index (χ1n) is 6.49. The van der Waals surface area contributed by atoms with Crippen molar-refractivity contribution in [3.63, 3.8) is 0 Å². The van der Waals surface area contributed by atoms with E-state index in [1.807, 2.05) is 0 Å². The van der Waals surface area contributed by atoms with E-state index in [2.05, 4.69) is 15.3 Å². The summed E-state index contributed by atoms with van der Waals surface area (Å²) >= 11 is 5.87. The van der Waals surface area contributed by atoms with Crippen LogP contribution in [0.15, 0.2) is 36.7 Å². The molecule has 0 unspecified atom stereocenters. The van der Waals surface area contributed by atoms with Gasteiger partial charge in [-0.1, -0.05) is 11.6 Å². The summed E-state index contributed by atoms with van der Waals surface area (Å²) in [4.78, 5) is 30.5. The van der Waals surface area contributed by atoms with Crippen LogP contribution in [0.2, 0.25) is 5.02 Å². The van der Waals surface area contributed by atoms with Gasteiger partial charge in [0.25, 0.3) is 11.8 Å². The molecule has 0 atom stereocenters. The molecule has 0 radical (unpaired) electrons. The molecular formula is C15H10ClFN4O2. The van der Waals surface area contributed by atoms with Crippen molar-refractivity contribution in [2.75, 3.05) is 5.32 Å². The second kappa shape index (κ2) is 5.69. The Hall–Kier alpha value is -2.93. The smallest absolute Gasteiger partial charge is 0.257 e. The monoisotopic (exact) mass is 332 g/mol. The number of nitrogens with one attached hydrogen (secondary N) is 2. The third-order valence-electron chi connectivity index (χ3n) is 3.22. The Kier molecular flexibility index (Phi) is 3.71. The van der Waals surface area contributed by atoms with Crippen molar-refractivity contribution in [3.05, 3.63) is 58.6 Å². The molecule has 1 aromatic carbocycles. The Morgan fingerprint density at radius 2 is 2.04 bits per heavy atom. The van der Waals surface area contributed by atoms with Crippen LogP contribution in [0.3, 0.4) is 0 Å². The van der Waals surface area contributed by atoms with Crippen molar-refractivity contribution in [1.82, 2.24) is 9.97 Å². The number of H-pyrrole nitrogens is 1. The number of nitrogens with zero attached hydrogens (tertiary/aromatic N) is 1. The van der Waals surface area contributed by atoms with Gasteiger partial charge in [0.05, 0.1) is 28.0 Å². The number of aromatic amines is 1. The van der Waals surface area contributed by atoms with E-state index in [1.54, 1.807) is 18.3 Å². The first kappa shape index (κ1) is 15.0. The molecule has 3 aromatic rings. The standard InChI is InChI=1S/C15H10ClFN4O2/c16-11-5-12(17)10(13(18)22)4-9(11)15(23)21-8-3-7-1-2-19-14(7)20-6-8/h1-6H,(H2,18,22)(H,19,20)(H,21,23). The quantitative estimate of drug-likeness (QED) is 0.687. The molecule has 2 aromatic heterocycles. The Morgan fingerprint density at radius 1 is 1.26 bits per heavy atom. The summed E-state index contributed by atoms with van der Waals surface area (Å²) in [7, 11) is 0. The molecule has 0 aliphatic carbocycles. The summed E-state index contributed by atoms with van der Waals surface area (Å²) in [5.41, 5.74) is 5.72. The molecule has 0 aliphatic heterocycles. The Balaban J connectivity index is 1.93. The number of aromatic nitrogens is 2.